The minimum Gasteiger partial charge on any atom is -0.493 e. The highest BCUT2D eigenvalue weighted by Crippen LogP contribution is 2.36. The minimum absolute atomic E-state index is 0.251. The zero-order valence-corrected chi connectivity index (χ0v) is 16.5. The molecule has 1 heterocycles. The number of nitrogens with one attached hydrogen (secondary N) is 1. The molecule has 1 fully saturated rings. The summed E-state index contributed by atoms with van der Waals surface area (Å²) in [6.07, 6.45) is 0. The van der Waals surface area contributed by atoms with E-state index in [0.717, 1.165) is 37.6 Å². The molecule has 0 saturated carbocycles. The van der Waals surface area contributed by atoms with Crippen molar-refractivity contribution in [1.29, 1.82) is 0 Å². The molecule has 0 aromatic heterocycles. The first kappa shape index (κ1) is 19.3. The van der Waals surface area contributed by atoms with Crippen LogP contribution in [0.5, 0.6) is 11.5 Å². The van der Waals surface area contributed by atoms with Gasteiger partial charge in [-0.3, -0.25) is 4.79 Å². The summed E-state index contributed by atoms with van der Waals surface area (Å²) in [6.45, 7) is 3.83. The van der Waals surface area contributed by atoms with E-state index in [1.54, 1.807) is 12.1 Å². The maximum atomic E-state index is 12.8. The number of piperazine rings is 1. The van der Waals surface area contributed by atoms with Gasteiger partial charge in [-0.15, -0.1) is 0 Å². The van der Waals surface area contributed by atoms with Crippen LogP contribution in [-0.2, 0) is 0 Å². The second-order valence-corrected chi connectivity index (χ2v) is 6.86. The van der Waals surface area contributed by atoms with Gasteiger partial charge in [-0.2, -0.15) is 0 Å². The Morgan fingerprint density at radius 3 is 2.44 bits per heavy atom. The zero-order chi connectivity index (χ0) is 19.4. The third-order valence-corrected chi connectivity index (χ3v) is 4.97. The average Bonchev–Trinajstić information content (AvgIpc) is 2.68. The van der Waals surface area contributed by atoms with E-state index in [9.17, 15) is 4.79 Å². The summed E-state index contributed by atoms with van der Waals surface area (Å²) in [6, 6.07) is 11.0. The highest BCUT2D eigenvalue weighted by atomic mass is 35.5. The standard InChI is InChI=1S/C20H24ClN3O3/c1-23-8-10-24(11-9-23)17-7-5-4-6-16(17)22-20(25)14-12-15(21)19(27-3)18(13-14)26-2/h4-7,12-13H,8-11H2,1-3H3,(H,22,25). The minimum atomic E-state index is -0.251. The lowest BCUT2D eigenvalue weighted by molar-refractivity contribution is 0.102. The van der Waals surface area contributed by atoms with Crippen molar-refractivity contribution >= 4 is 28.9 Å². The topological polar surface area (TPSA) is 54.0 Å². The lowest BCUT2D eigenvalue weighted by Gasteiger charge is -2.35. The Balaban J connectivity index is 1.84. The van der Waals surface area contributed by atoms with Crippen molar-refractivity contribution in [3.63, 3.8) is 0 Å². The summed E-state index contributed by atoms with van der Waals surface area (Å²) in [5, 5.41) is 3.33. The van der Waals surface area contributed by atoms with Crippen molar-refractivity contribution < 1.29 is 14.3 Å². The number of para-hydroxylation sites is 2. The Morgan fingerprint density at radius 2 is 1.78 bits per heavy atom. The molecule has 27 heavy (non-hydrogen) atoms. The van der Waals surface area contributed by atoms with E-state index in [-0.39, 0.29) is 5.91 Å². The van der Waals surface area contributed by atoms with Gasteiger partial charge in [0, 0.05) is 31.7 Å². The highest BCUT2D eigenvalue weighted by molar-refractivity contribution is 6.32. The normalized spacial score (nSPS) is 14.7. The Bertz CT molecular complexity index is 820. The lowest BCUT2D eigenvalue weighted by atomic mass is 10.1. The fraction of sp³-hybridized carbons (Fsp3) is 0.350. The number of benzene rings is 2. The molecule has 0 aliphatic carbocycles. The largest absolute Gasteiger partial charge is 0.493 e. The van der Waals surface area contributed by atoms with Crippen LogP contribution in [0.4, 0.5) is 11.4 Å². The molecule has 0 unspecified atom stereocenters. The number of carbonyl (C=O) groups is 1. The van der Waals surface area contributed by atoms with Crippen LogP contribution < -0.4 is 19.7 Å². The molecule has 1 saturated heterocycles. The Morgan fingerprint density at radius 1 is 1.07 bits per heavy atom. The van der Waals surface area contributed by atoms with Gasteiger partial charge >= 0.3 is 0 Å². The first-order valence-corrected chi connectivity index (χ1v) is 9.16. The summed E-state index contributed by atoms with van der Waals surface area (Å²) < 4.78 is 10.5. The van der Waals surface area contributed by atoms with Crippen LogP contribution in [0.2, 0.25) is 5.02 Å². The molecule has 6 nitrogen and oxygen atoms in total. The Kier molecular flexibility index (Phi) is 6.08. The second kappa shape index (κ2) is 8.50. The monoisotopic (exact) mass is 389 g/mol. The van der Waals surface area contributed by atoms with Gasteiger partial charge in [-0.1, -0.05) is 23.7 Å². The molecule has 0 atom stereocenters. The summed E-state index contributed by atoms with van der Waals surface area (Å²) >= 11 is 6.23. The number of ether oxygens (including phenoxy) is 2. The van der Waals surface area contributed by atoms with Crippen LogP contribution in [0.25, 0.3) is 0 Å². The number of rotatable bonds is 5. The van der Waals surface area contributed by atoms with Gasteiger partial charge in [0.1, 0.15) is 0 Å². The molecule has 0 bridgehead atoms. The molecule has 3 rings (SSSR count). The molecule has 1 amide bonds. The Labute approximate surface area is 164 Å². The lowest BCUT2D eigenvalue weighted by Crippen LogP contribution is -2.44. The smallest absolute Gasteiger partial charge is 0.255 e. The van der Waals surface area contributed by atoms with E-state index in [1.165, 1.54) is 14.2 Å². The molecular formula is C20H24ClN3O3. The van der Waals surface area contributed by atoms with Crippen molar-refractivity contribution in [2.24, 2.45) is 0 Å². The van der Waals surface area contributed by atoms with E-state index in [4.69, 9.17) is 21.1 Å². The summed E-state index contributed by atoms with van der Waals surface area (Å²) in [5.74, 6) is 0.579. The van der Waals surface area contributed by atoms with Gasteiger partial charge in [0.25, 0.3) is 5.91 Å². The van der Waals surface area contributed by atoms with E-state index >= 15 is 0 Å². The van der Waals surface area contributed by atoms with Crippen LogP contribution in [0, 0.1) is 0 Å². The molecule has 2 aromatic carbocycles. The maximum absolute atomic E-state index is 12.8. The van der Waals surface area contributed by atoms with Crippen molar-refractivity contribution in [1.82, 2.24) is 4.90 Å². The number of halogens is 1. The zero-order valence-electron chi connectivity index (χ0n) is 15.8. The molecule has 1 aliphatic rings. The highest BCUT2D eigenvalue weighted by Gasteiger charge is 2.19. The van der Waals surface area contributed by atoms with Crippen LogP contribution in [0.1, 0.15) is 10.4 Å². The predicted molar refractivity (Wildman–Crippen MR) is 109 cm³/mol. The second-order valence-electron chi connectivity index (χ2n) is 6.46. The molecule has 7 heteroatoms. The SMILES string of the molecule is COc1cc(C(=O)Nc2ccccc2N2CCN(C)CC2)cc(Cl)c1OC. The quantitative estimate of drug-likeness (QED) is 0.849. The van der Waals surface area contributed by atoms with Gasteiger partial charge in [0.15, 0.2) is 11.5 Å². The summed E-state index contributed by atoms with van der Waals surface area (Å²) in [7, 11) is 5.14. The molecular weight excluding hydrogens is 366 g/mol. The molecule has 0 radical (unpaired) electrons. The van der Waals surface area contributed by atoms with Crippen molar-refractivity contribution in [2.75, 3.05) is 57.7 Å². The number of nitrogens with zero attached hydrogens (tertiary/aromatic N) is 2. The fourth-order valence-corrected chi connectivity index (χ4v) is 3.43. The number of anilines is 2. The first-order chi connectivity index (χ1) is 13.0. The van der Waals surface area contributed by atoms with E-state index in [2.05, 4.69) is 22.2 Å². The van der Waals surface area contributed by atoms with Gasteiger partial charge in [0.05, 0.1) is 30.6 Å². The van der Waals surface area contributed by atoms with Crippen molar-refractivity contribution in [2.45, 2.75) is 0 Å². The van der Waals surface area contributed by atoms with E-state index in [0.29, 0.717) is 22.1 Å². The number of methoxy groups -OCH3 is 2. The molecule has 0 spiro atoms. The van der Waals surface area contributed by atoms with E-state index in [1.807, 2.05) is 24.3 Å². The summed E-state index contributed by atoms with van der Waals surface area (Å²) in [4.78, 5) is 17.4. The third kappa shape index (κ3) is 4.28. The molecule has 1 N–H and O–H groups in total. The van der Waals surface area contributed by atoms with Crippen LogP contribution in [0.15, 0.2) is 36.4 Å². The molecule has 144 valence electrons. The van der Waals surface area contributed by atoms with Crippen LogP contribution in [-0.4, -0.2) is 58.3 Å². The fourth-order valence-electron chi connectivity index (χ4n) is 3.15. The predicted octanol–water partition coefficient (Wildman–Crippen LogP) is 3.36. The van der Waals surface area contributed by atoms with Crippen molar-refractivity contribution in [3.8, 4) is 11.5 Å². The molecule has 2 aromatic rings. The van der Waals surface area contributed by atoms with Gasteiger partial charge in [0.2, 0.25) is 0 Å². The van der Waals surface area contributed by atoms with Crippen LogP contribution in [0.3, 0.4) is 0 Å². The summed E-state index contributed by atoms with van der Waals surface area (Å²) in [5.41, 5.74) is 2.20. The number of likely N-dealkylation sites (N-methyl/N-ethyl adjacent to an activating group) is 1. The van der Waals surface area contributed by atoms with Gasteiger partial charge in [-0.05, 0) is 31.3 Å². The maximum Gasteiger partial charge on any atom is 0.255 e. The number of carbonyl (C=O) groups excluding carboxylic acids is 1. The van der Waals surface area contributed by atoms with E-state index < -0.39 is 0 Å². The third-order valence-electron chi connectivity index (χ3n) is 4.69. The number of amides is 1. The number of hydrogen-bond acceptors (Lipinski definition) is 5. The molecule has 1 aliphatic heterocycles. The Hall–Kier alpha value is -2.44. The van der Waals surface area contributed by atoms with Crippen LogP contribution >= 0.6 is 11.6 Å². The van der Waals surface area contributed by atoms with Gasteiger partial charge in [-0.25, -0.2) is 0 Å². The first-order valence-electron chi connectivity index (χ1n) is 8.79. The average molecular weight is 390 g/mol. The number of hydrogen-bond donors (Lipinski definition) is 1. The van der Waals surface area contributed by atoms with Gasteiger partial charge < -0.3 is 24.6 Å². The van der Waals surface area contributed by atoms with Crippen molar-refractivity contribution in [3.05, 3.63) is 47.0 Å².